The first kappa shape index (κ1) is 10.3. The van der Waals surface area contributed by atoms with Crippen LogP contribution in [0.25, 0.3) is 0 Å². The Labute approximate surface area is 69.4 Å². The highest BCUT2D eigenvalue weighted by Gasteiger charge is 2.18. The van der Waals surface area contributed by atoms with Crippen molar-refractivity contribution in [1.29, 1.82) is 0 Å². The Morgan fingerprint density at radius 1 is 1.45 bits per heavy atom. The summed E-state index contributed by atoms with van der Waals surface area (Å²) in [7, 11) is 0. The third-order valence-corrected chi connectivity index (χ3v) is 2.19. The van der Waals surface area contributed by atoms with E-state index in [1.807, 2.05) is 13.8 Å². The molecule has 0 aromatic heterocycles. The molecule has 64 valence electrons. The van der Waals surface area contributed by atoms with Crippen LogP contribution in [0, 0.1) is 5.41 Å². The minimum Gasteiger partial charge on any atom is -0.164 e. The zero-order chi connectivity index (χ0) is 8.91. The van der Waals surface area contributed by atoms with Gasteiger partial charge >= 0.3 is 0 Å². The molecule has 0 radical (unpaired) electrons. The van der Waals surface area contributed by atoms with Crippen molar-refractivity contribution in [2.24, 2.45) is 15.6 Å². The van der Waals surface area contributed by atoms with Gasteiger partial charge < -0.3 is 0 Å². The normalized spacial score (nSPS) is 14.5. The lowest BCUT2D eigenvalue weighted by Crippen LogP contribution is -2.19. The fourth-order valence-corrected chi connectivity index (χ4v) is 0.536. The average Bonchev–Trinajstić information content (AvgIpc) is 2.00. The number of hydrogen-bond donors (Lipinski definition) is 0. The van der Waals surface area contributed by atoms with Crippen molar-refractivity contribution in [3.05, 3.63) is 0 Å². The topological polar surface area (TPSA) is 24.7 Å². The monoisotopic (exact) mass is 154 g/mol. The van der Waals surface area contributed by atoms with Gasteiger partial charge in [0.25, 0.3) is 0 Å². The first-order chi connectivity index (χ1) is 5.04. The molecular weight excluding hydrogens is 136 g/mol. The molecule has 0 aromatic carbocycles. The standard InChI is InChI=1S/C9H18N2/c1-6-9(4,5)8(3)11-10-7-2/h7H,6H2,1-5H3/b10-7-,11-8+. The van der Waals surface area contributed by atoms with Crippen LogP contribution in [0.3, 0.4) is 0 Å². The van der Waals surface area contributed by atoms with Crippen LogP contribution in [0.15, 0.2) is 10.2 Å². The molecule has 0 heterocycles. The zero-order valence-corrected chi connectivity index (χ0v) is 8.18. The highest BCUT2D eigenvalue weighted by atomic mass is 15.2. The molecule has 0 saturated heterocycles. The molecule has 2 nitrogen and oxygen atoms in total. The van der Waals surface area contributed by atoms with Crippen LogP contribution >= 0.6 is 0 Å². The van der Waals surface area contributed by atoms with Crippen molar-refractivity contribution in [2.45, 2.75) is 41.0 Å². The van der Waals surface area contributed by atoms with Gasteiger partial charge in [0, 0.05) is 17.3 Å². The maximum Gasteiger partial charge on any atom is 0.0430 e. The van der Waals surface area contributed by atoms with Crippen LogP contribution in [0.1, 0.15) is 41.0 Å². The first-order valence-electron chi connectivity index (χ1n) is 4.07. The highest BCUT2D eigenvalue weighted by molar-refractivity contribution is 5.87. The fourth-order valence-electron chi connectivity index (χ4n) is 0.536. The fraction of sp³-hybridized carbons (Fsp3) is 0.778. The maximum absolute atomic E-state index is 4.07. The molecular formula is C9H18N2. The molecule has 0 bridgehead atoms. The van der Waals surface area contributed by atoms with Gasteiger partial charge in [0.2, 0.25) is 0 Å². The van der Waals surface area contributed by atoms with Crippen LogP contribution in [0.4, 0.5) is 0 Å². The van der Waals surface area contributed by atoms with E-state index < -0.39 is 0 Å². The average molecular weight is 154 g/mol. The minimum atomic E-state index is 0.187. The van der Waals surface area contributed by atoms with Crippen molar-refractivity contribution < 1.29 is 0 Å². The summed E-state index contributed by atoms with van der Waals surface area (Å²) in [5.74, 6) is 0. The Kier molecular flexibility index (Phi) is 4.01. The van der Waals surface area contributed by atoms with Gasteiger partial charge in [-0.3, -0.25) is 0 Å². The van der Waals surface area contributed by atoms with E-state index in [-0.39, 0.29) is 5.41 Å². The Balaban J connectivity index is 4.33. The summed E-state index contributed by atoms with van der Waals surface area (Å²) in [5.41, 5.74) is 1.28. The molecule has 0 fully saturated rings. The first-order valence-corrected chi connectivity index (χ1v) is 4.07. The number of hydrogen-bond acceptors (Lipinski definition) is 2. The van der Waals surface area contributed by atoms with E-state index in [0.29, 0.717) is 0 Å². The number of nitrogens with zero attached hydrogens (tertiary/aromatic N) is 2. The van der Waals surface area contributed by atoms with Gasteiger partial charge in [-0.25, -0.2) is 0 Å². The SMILES string of the molecule is C/C=N\N=C(/C)C(C)(C)CC. The van der Waals surface area contributed by atoms with Crippen LogP contribution in [-0.4, -0.2) is 11.9 Å². The zero-order valence-electron chi connectivity index (χ0n) is 8.18. The summed E-state index contributed by atoms with van der Waals surface area (Å²) in [6.45, 7) is 10.4. The molecule has 0 aromatic rings. The van der Waals surface area contributed by atoms with E-state index in [2.05, 4.69) is 31.0 Å². The molecule has 0 saturated carbocycles. The van der Waals surface area contributed by atoms with Crippen LogP contribution in [0.5, 0.6) is 0 Å². The third-order valence-electron chi connectivity index (χ3n) is 2.19. The van der Waals surface area contributed by atoms with Gasteiger partial charge in [-0.2, -0.15) is 10.2 Å². The lowest BCUT2D eigenvalue weighted by molar-refractivity contribution is 0.499. The molecule has 0 atom stereocenters. The van der Waals surface area contributed by atoms with E-state index in [1.54, 1.807) is 6.21 Å². The molecule has 0 amide bonds. The van der Waals surface area contributed by atoms with E-state index in [9.17, 15) is 0 Å². The molecule has 2 heteroatoms. The van der Waals surface area contributed by atoms with Crippen LogP contribution in [0.2, 0.25) is 0 Å². The summed E-state index contributed by atoms with van der Waals surface area (Å²) in [6, 6.07) is 0. The van der Waals surface area contributed by atoms with Crippen molar-refractivity contribution in [3.63, 3.8) is 0 Å². The second-order valence-corrected chi connectivity index (χ2v) is 3.30. The summed E-state index contributed by atoms with van der Waals surface area (Å²) in [4.78, 5) is 0. The van der Waals surface area contributed by atoms with E-state index >= 15 is 0 Å². The Morgan fingerprint density at radius 3 is 2.36 bits per heavy atom. The molecule has 0 unspecified atom stereocenters. The second kappa shape index (κ2) is 4.27. The maximum atomic E-state index is 4.07. The molecule has 0 N–H and O–H groups in total. The Bertz CT molecular complexity index is 166. The molecule has 0 aliphatic carbocycles. The minimum absolute atomic E-state index is 0.187. The molecule has 0 spiro atoms. The number of rotatable bonds is 3. The predicted molar refractivity (Wildman–Crippen MR) is 51.3 cm³/mol. The largest absolute Gasteiger partial charge is 0.164 e. The predicted octanol–water partition coefficient (Wildman–Crippen LogP) is 2.89. The van der Waals surface area contributed by atoms with Crippen LogP contribution < -0.4 is 0 Å². The quantitative estimate of drug-likeness (QED) is 0.441. The third kappa shape index (κ3) is 3.30. The summed E-state index contributed by atoms with van der Waals surface area (Å²) in [6.07, 6.45) is 2.80. The van der Waals surface area contributed by atoms with Crippen LogP contribution in [-0.2, 0) is 0 Å². The summed E-state index contributed by atoms with van der Waals surface area (Å²) in [5, 5.41) is 7.92. The lowest BCUT2D eigenvalue weighted by atomic mass is 9.86. The molecule has 0 rings (SSSR count). The van der Waals surface area contributed by atoms with Gasteiger partial charge in [0.1, 0.15) is 0 Å². The summed E-state index contributed by atoms with van der Waals surface area (Å²) < 4.78 is 0. The van der Waals surface area contributed by atoms with E-state index in [1.165, 1.54) is 0 Å². The molecule has 0 aliphatic rings. The van der Waals surface area contributed by atoms with Crippen molar-refractivity contribution in [2.75, 3.05) is 0 Å². The van der Waals surface area contributed by atoms with Crippen molar-refractivity contribution >= 4 is 11.9 Å². The van der Waals surface area contributed by atoms with Gasteiger partial charge in [-0.1, -0.05) is 20.8 Å². The van der Waals surface area contributed by atoms with Gasteiger partial charge in [-0.15, -0.1) is 0 Å². The van der Waals surface area contributed by atoms with Gasteiger partial charge in [0.15, 0.2) is 0 Å². The highest BCUT2D eigenvalue weighted by Crippen LogP contribution is 2.21. The molecule has 11 heavy (non-hydrogen) atoms. The van der Waals surface area contributed by atoms with Gasteiger partial charge in [-0.05, 0) is 20.3 Å². The Morgan fingerprint density at radius 2 is 2.00 bits per heavy atom. The molecule has 0 aliphatic heterocycles. The van der Waals surface area contributed by atoms with E-state index in [4.69, 9.17) is 0 Å². The smallest absolute Gasteiger partial charge is 0.0430 e. The van der Waals surface area contributed by atoms with E-state index in [0.717, 1.165) is 12.1 Å². The second-order valence-electron chi connectivity index (χ2n) is 3.30. The van der Waals surface area contributed by atoms with Gasteiger partial charge in [0.05, 0.1) is 0 Å². The Hall–Kier alpha value is -0.660. The lowest BCUT2D eigenvalue weighted by Gasteiger charge is -2.20. The van der Waals surface area contributed by atoms with Crippen molar-refractivity contribution in [1.82, 2.24) is 0 Å². The van der Waals surface area contributed by atoms with Crippen molar-refractivity contribution in [3.8, 4) is 0 Å². The summed E-state index contributed by atoms with van der Waals surface area (Å²) >= 11 is 0.